The van der Waals surface area contributed by atoms with Crippen molar-refractivity contribution in [1.82, 2.24) is 0 Å². The Morgan fingerprint density at radius 3 is 1.61 bits per heavy atom. The number of carbonyl (C=O) groups excluding carboxylic acids is 1. The van der Waals surface area contributed by atoms with Gasteiger partial charge in [0, 0.05) is 19.3 Å². The first-order valence-electron chi connectivity index (χ1n) is 29.2. The Labute approximate surface area is 548 Å². The van der Waals surface area contributed by atoms with Crippen molar-refractivity contribution in [3.63, 3.8) is 0 Å². The minimum atomic E-state index is -1.89. The number of allylic oxidation sites excluding steroid dienone is 12. The largest absolute Gasteiger partial charge is 1.00 e. The third-order valence-electron chi connectivity index (χ3n) is 11.5. The molecule has 2 heterocycles. The fourth-order valence-corrected chi connectivity index (χ4v) is 11.6. The van der Waals surface area contributed by atoms with E-state index in [-0.39, 0.29) is 61.6 Å². The number of aliphatic hydroxyl groups excluding tert-OH is 5. The van der Waals surface area contributed by atoms with Crippen LogP contribution in [-0.2, 0) is 45.6 Å². The van der Waals surface area contributed by atoms with Crippen LogP contribution < -0.4 is 15.9 Å². The van der Waals surface area contributed by atoms with Crippen LogP contribution in [0.5, 0.6) is 0 Å². The van der Waals surface area contributed by atoms with Crippen molar-refractivity contribution >= 4 is 63.1 Å². The van der Waals surface area contributed by atoms with Gasteiger partial charge in [0.05, 0.1) is 44.2 Å². The maximum absolute atomic E-state index is 10.4. The SMILES string of the molecule is C#C/C=C/C=P(c1ccccc1)(c1ccccc1)c1ccccc1.C=CCCC(=O)OC.CC.CC.CC/C=C\C[C@H](O)/C=C/C=C\C=C\C=C\[C@@H](O)[C@@H](O)C/C=C\CCC(=O)O.CC/C=C\C[C@H](O)/C=C/I.CC1(C)O[C@H]2COC(O)C[C@H]2O1.[CH3-].[Cu+]. The molecule has 0 spiro atoms. The first-order chi connectivity index (χ1) is 41.0. The number of aliphatic carboxylic acids is 1. The van der Waals surface area contributed by atoms with E-state index in [4.69, 9.17) is 36.0 Å². The third kappa shape index (κ3) is 43.2. The summed E-state index contributed by atoms with van der Waals surface area (Å²) in [6, 6.07) is 32.1. The zero-order valence-corrected chi connectivity index (χ0v) is 57.1. The number of hydrogen-bond donors (Lipinski definition) is 6. The standard InChI is InChI=1S/C23H19P.C22H32O5.C8H13IO.C8H14O4.C6H10O2.2C2H6.CH3.Cu/c1-2-3-13-20-24(21-14-7-4-8-15-21,22-16-9-5-10-17-22)23-18-11-6-12-19-23;1-2-3-9-14-19(23)15-10-6-4-5-7-11-16-20(24)21(25)17-12-8-13-18-22(26)27;1-2-3-4-5-8(10)6-7-9;1-8(2)11-5-3-7(9)10-4-6(5)12-8;1-3-4-5-6(7)8-2;2*1-2;;/h1,3-20H;3-12,15-16,19-21,23-25H,2,13-14,17-18H2,1H3,(H,26,27);3-4,6-8,10H,2,5H2,1H3;5-7,9H,3-4H2,1-2H3;3H,1,4-5H2,2H3;2*1-2H3;1H3;/q;;;;;;;-1;+1/b13-3+;6-4-,7-5+,9-3-,12-8-,15-10+,16-11+;4-3-,7-6+;;;;;;/t;19-,20+,21-;8-;5-,6+,7?;;;;;/m.001...../s1. The number of carboxylic acids is 1. The van der Waals surface area contributed by atoms with Crippen LogP contribution in [-0.4, -0.2) is 111 Å². The van der Waals surface area contributed by atoms with Gasteiger partial charge in [0.1, 0.15) is 6.10 Å². The van der Waals surface area contributed by atoms with Gasteiger partial charge in [0.25, 0.3) is 0 Å². The number of terminal acetylenes is 1. The summed E-state index contributed by atoms with van der Waals surface area (Å²) in [6.07, 6.45) is 40.0. The quantitative estimate of drug-likeness (QED) is 0.00689. The summed E-state index contributed by atoms with van der Waals surface area (Å²) in [4.78, 5) is 20.7. The summed E-state index contributed by atoms with van der Waals surface area (Å²) in [7, 11) is 1.38. The van der Waals surface area contributed by atoms with Crippen LogP contribution in [0.1, 0.15) is 120 Å². The van der Waals surface area contributed by atoms with Crippen LogP contribution in [0.15, 0.2) is 211 Å². The van der Waals surface area contributed by atoms with Crippen LogP contribution in [0.3, 0.4) is 0 Å². The maximum atomic E-state index is 10.4. The molecule has 5 rings (SSSR count). The predicted molar refractivity (Wildman–Crippen MR) is 373 cm³/mol. The summed E-state index contributed by atoms with van der Waals surface area (Å²) in [6.45, 7) is 17.9. The smallest absolute Gasteiger partial charge is 0.481 e. The van der Waals surface area contributed by atoms with Crippen LogP contribution >= 0.6 is 29.5 Å². The number of esters is 1. The van der Waals surface area contributed by atoms with Gasteiger partial charge in [0.15, 0.2) is 12.1 Å². The number of carboxylic acid groups (broad SMARTS) is 1. The molecule has 6 N–H and O–H groups in total. The first kappa shape index (κ1) is 88.2. The Hall–Kier alpha value is -5.21. The Bertz CT molecular complexity index is 2450. The van der Waals surface area contributed by atoms with Gasteiger partial charge in [-0.1, -0.05) is 264 Å². The van der Waals surface area contributed by atoms with E-state index >= 15 is 0 Å². The first-order valence-corrected chi connectivity index (χ1v) is 32.3. The molecule has 0 aliphatic carbocycles. The van der Waals surface area contributed by atoms with E-state index in [1.54, 1.807) is 72.9 Å². The Kier molecular flexibility index (Phi) is 59.3. The summed E-state index contributed by atoms with van der Waals surface area (Å²) >= 11 is 2.10. The molecule has 0 aromatic heterocycles. The molecule has 2 aliphatic heterocycles. The summed E-state index contributed by atoms with van der Waals surface area (Å²) < 4.78 is 22.3. The molecular formula is C72H103CuIO12P. The van der Waals surface area contributed by atoms with E-state index in [9.17, 15) is 24.9 Å². The monoisotopic (exact) mass is 1380 g/mol. The van der Waals surface area contributed by atoms with E-state index < -0.39 is 43.2 Å². The predicted octanol–water partition coefficient (Wildman–Crippen LogP) is 14.0. The molecule has 0 amide bonds. The second kappa shape index (κ2) is 58.5. The van der Waals surface area contributed by atoms with Gasteiger partial charge in [-0.2, -0.15) is 0 Å². The van der Waals surface area contributed by atoms with Crippen molar-refractivity contribution in [3.05, 3.63) is 218 Å². The number of hydrogen-bond acceptors (Lipinski definition) is 11. The molecule has 2 aliphatic rings. The van der Waals surface area contributed by atoms with Crippen molar-refractivity contribution in [2.24, 2.45) is 0 Å². The van der Waals surface area contributed by atoms with Gasteiger partial charge in [-0.25, -0.2) is 0 Å². The fourth-order valence-electron chi connectivity index (χ4n) is 7.47. The van der Waals surface area contributed by atoms with Gasteiger partial charge in [0.2, 0.25) is 0 Å². The molecule has 3 aromatic carbocycles. The van der Waals surface area contributed by atoms with E-state index in [1.165, 1.54) is 29.1 Å². The Balaban J connectivity index is -0.000000518. The molecule has 2 fully saturated rings. The number of benzene rings is 3. The number of aliphatic hydroxyl groups is 5. The average molecular weight is 1380 g/mol. The normalized spacial score (nSPS) is 17.1. The Morgan fingerprint density at radius 2 is 1.16 bits per heavy atom. The number of carbonyl (C=O) groups is 2. The molecule has 486 valence electrons. The average Bonchev–Trinajstić information content (AvgIpc) is 1.82. The number of fused-ring (bicyclic) bond motifs is 1. The van der Waals surface area contributed by atoms with Crippen LogP contribution in [0.25, 0.3) is 0 Å². The maximum Gasteiger partial charge on any atom is 1.00 e. The summed E-state index contributed by atoms with van der Waals surface area (Å²) in [5.41, 5.74) is 0. The van der Waals surface area contributed by atoms with Crippen molar-refractivity contribution in [2.45, 2.75) is 168 Å². The zero-order chi connectivity index (χ0) is 64.0. The second-order valence-electron chi connectivity index (χ2n) is 18.5. The minimum Gasteiger partial charge on any atom is -0.481 e. The van der Waals surface area contributed by atoms with E-state index in [1.807, 2.05) is 76.9 Å². The molecule has 2 saturated heterocycles. The van der Waals surface area contributed by atoms with E-state index in [0.29, 0.717) is 38.7 Å². The van der Waals surface area contributed by atoms with Crippen molar-refractivity contribution in [3.8, 4) is 12.3 Å². The second-order valence-corrected chi connectivity index (χ2v) is 22.5. The number of halogens is 1. The molecule has 12 nitrogen and oxygen atoms in total. The molecule has 15 heteroatoms. The van der Waals surface area contributed by atoms with Crippen LogP contribution in [0.2, 0.25) is 0 Å². The molecule has 3 aromatic rings. The van der Waals surface area contributed by atoms with Crippen LogP contribution in [0, 0.1) is 19.8 Å². The number of ether oxygens (including phenoxy) is 4. The number of rotatable bonds is 25. The number of methoxy groups -OCH3 is 1. The summed E-state index contributed by atoms with van der Waals surface area (Å²) in [5, 5.41) is 60.0. The molecule has 0 saturated carbocycles. The van der Waals surface area contributed by atoms with Gasteiger partial charge < -0.3 is 57.0 Å². The van der Waals surface area contributed by atoms with Crippen molar-refractivity contribution in [2.75, 3.05) is 13.7 Å². The third-order valence-corrected chi connectivity index (χ3v) is 15.8. The molecule has 0 radical (unpaired) electrons. The zero-order valence-electron chi connectivity index (χ0n) is 53.1. The van der Waals surface area contributed by atoms with E-state index in [2.05, 4.69) is 150 Å². The van der Waals surface area contributed by atoms with E-state index in [0.717, 1.165) is 19.3 Å². The fraction of sp³-hybridized carbons (Fsp3) is 0.389. The molecule has 1 unspecified atom stereocenters. The molecule has 7 atom stereocenters. The van der Waals surface area contributed by atoms with Gasteiger partial charge in [-0.15, -0.1) is 13.0 Å². The molecule has 87 heavy (non-hydrogen) atoms. The Morgan fingerprint density at radius 1 is 0.701 bits per heavy atom. The minimum absolute atomic E-state index is 0. The van der Waals surface area contributed by atoms with Gasteiger partial charge in [-0.3, -0.25) is 9.59 Å². The molecular weight excluding hydrogens is 1280 g/mol. The topological polar surface area (TPSA) is 192 Å². The van der Waals surface area contributed by atoms with Gasteiger partial charge in [-0.05, 0) is 97.8 Å². The van der Waals surface area contributed by atoms with Crippen molar-refractivity contribution < 1.29 is 76.2 Å². The van der Waals surface area contributed by atoms with Crippen LogP contribution in [0.4, 0.5) is 0 Å². The summed E-state index contributed by atoms with van der Waals surface area (Å²) in [5.74, 6) is 3.34. The van der Waals surface area contributed by atoms with Crippen molar-refractivity contribution in [1.29, 1.82) is 0 Å². The van der Waals surface area contributed by atoms with Gasteiger partial charge >= 0.3 is 29.0 Å². The molecule has 0 bridgehead atoms.